The second-order valence-corrected chi connectivity index (χ2v) is 5.38. The minimum Gasteiger partial charge on any atom is -0.481 e. The van der Waals surface area contributed by atoms with Crippen molar-refractivity contribution in [2.75, 3.05) is 18.7 Å². The highest BCUT2D eigenvalue weighted by Gasteiger charge is 2.24. The Morgan fingerprint density at radius 3 is 2.37 bits per heavy atom. The van der Waals surface area contributed by atoms with Gasteiger partial charge in [0.15, 0.2) is 5.82 Å². The van der Waals surface area contributed by atoms with E-state index in [0.29, 0.717) is 17.4 Å². The molecule has 2 heterocycles. The normalized spacial score (nSPS) is 11.6. The van der Waals surface area contributed by atoms with Crippen molar-refractivity contribution >= 4 is 5.82 Å². The highest BCUT2D eigenvalue weighted by molar-refractivity contribution is 5.70. The molecule has 2 aromatic rings. The number of anilines is 1. The Hall–Kier alpha value is -2.24. The van der Waals surface area contributed by atoms with Gasteiger partial charge >= 0.3 is 0 Å². The van der Waals surface area contributed by atoms with Gasteiger partial charge in [-0.1, -0.05) is 20.8 Å². The second-order valence-electron chi connectivity index (χ2n) is 5.38. The summed E-state index contributed by atoms with van der Waals surface area (Å²) in [6.45, 7) is 6.11. The van der Waals surface area contributed by atoms with E-state index in [4.69, 9.17) is 16.3 Å². The van der Waals surface area contributed by atoms with Crippen molar-refractivity contribution < 1.29 is 4.74 Å². The summed E-state index contributed by atoms with van der Waals surface area (Å²) < 4.78 is 6.46. The molecule has 0 radical (unpaired) electrons. The largest absolute Gasteiger partial charge is 0.481 e. The molecule has 0 atom stereocenters. The van der Waals surface area contributed by atoms with Crippen molar-refractivity contribution in [1.29, 1.82) is 0 Å². The van der Waals surface area contributed by atoms with Crippen LogP contribution in [0.2, 0.25) is 0 Å². The molecule has 0 unspecified atom stereocenters. The summed E-state index contributed by atoms with van der Waals surface area (Å²) in [6.07, 6.45) is 1.67. The lowest BCUT2D eigenvalue weighted by Crippen LogP contribution is -2.24. The van der Waals surface area contributed by atoms with Crippen molar-refractivity contribution in [3.63, 3.8) is 0 Å². The number of methoxy groups -OCH3 is 1. The van der Waals surface area contributed by atoms with Crippen LogP contribution in [0.25, 0.3) is 11.3 Å². The Labute approximate surface area is 112 Å². The molecule has 0 aliphatic carbocycles. The third-order valence-electron chi connectivity index (χ3n) is 2.84. The van der Waals surface area contributed by atoms with E-state index in [1.807, 2.05) is 26.8 Å². The number of nitrogen functional groups attached to an aromatic ring is 2. The number of imidazole rings is 1. The van der Waals surface area contributed by atoms with Crippen molar-refractivity contribution in [3.8, 4) is 17.1 Å². The first-order valence-corrected chi connectivity index (χ1v) is 5.98. The quantitative estimate of drug-likeness (QED) is 0.800. The number of rotatable bonds is 2. The van der Waals surface area contributed by atoms with Gasteiger partial charge in [-0.05, 0) is 6.07 Å². The molecule has 0 amide bonds. The van der Waals surface area contributed by atoms with Crippen LogP contribution in [0.4, 0.5) is 5.82 Å². The van der Waals surface area contributed by atoms with Gasteiger partial charge in [-0.15, -0.1) is 0 Å². The fraction of sp³-hybridized carbons (Fsp3) is 0.385. The van der Waals surface area contributed by atoms with Gasteiger partial charge in [0, 0.05) is 23.2 Å². The Bertz CT molecular complexity index is 580. The van der Waals surface area contributed by atoms with E-state index >= 15 is 0 Å². The summed E-state index contributed by atoms with van der Waals surface area (Å²) in [4.78, 5) is 8.69. The Morgan fingerprint density at radius 2 is 1.95 bits per heavy atom. The molecule has 0 spiro atoms. The van der Waals surface area contributed by atoms with Gasteiger partial charge in [-0.3, -0.25) is 0 Å². The standard InChI is InChI=1S/C13H19N5O/c1-13(2,3)12-17-10(11(14)18(12)15)8-5-6-9(19-4)16-7-8/h5-7H,14-15H2,1-4H3. The van der Waals surface area contributed by atoms with E-state index in [0.717, 1.165) is 11.4 Å². The second kappa shape index (κ2) is 4.46. The average molecular weight is 261 g/mol. The van der Waals surface area contributed by atoms with Gasteiger partial charge < -0.3 is 16.3 Å². The minimum absolute atomic E-state index is 0.180. The van der Waals surface area contributed by atoms with Gasteiger partial charge in [0.05, 0.1) is 7.11 Å². The van der Waals surface area contributed by atoms with Crippen LogP contribution in [0.15, 0.2) is 18.3 Å². The maximum atomic E-state index is 6.02. The van der Waals surface area contributed by atoms with Gasteiger partial charge in [-0.2, -0.15) is 0 Å². The van der Waals surface area contributed by atoms with Crippen LogP contribution in [-0.2, 0) is 5.41 Å². The Balaban J connectivity index is 2.50. The molecular formula is C13H19N5O. The molecule has 2 aromatic heterocycles. The molecule has 19 heavy (non-hydrogen) atoms. The van der Waals surface area contributed by atoms with Crippen molar-refractivity contribution in [1.82, 2.24) is 14.6 Å². The zero-order valence-electron chi connectivity index (χ0n) is 11.6. The third-order valence-corrected chi connectivity index (χ3v) is 2.84. The number of ether oxygens (including phenoxy) is 1. The van der Waals surface area contributed by atoms with Gasteiger partial charge in [-0.25, -0.2) is 14.6 Å². The molecular weight excluding hydrogens is 242 g/mol. The maximum Gasteiger partial charge on any atom is 0.212 e. The SMILES string of the molecule is COc1ccc(-c2nc(C(C)(C)C)n(N)c2N)cn1. The zero-order chi connectivity index (χ0) is 14.2. The molecule has 0 bridgehead atoms. The lowest BCUT2D eigenvalue weighted by atomic mass is 9.96. The lowest BCUT2D eigenvalue weighted by molar-refractivity contribution is 0.398. The highest BCUT2D eigenvalue weighted by Crippen LogP contribution is 2.30. The summed E-state index contributed by atoms with van der Waals surface area (Å²) >= 11 is 0. The number of aromatic nitrogens is 3. The van der Waals surface area contributed by atoms with Gasteiger partial charge in [0.25, 0.3) is 0 Å². The van der Waals surface area contributed by atoms with Crippen LogP contribution in [0.3, 0.4) is 0 Å². The van der Waals surface area contributed by atoms with E-state index in [9.17, 15) is 0 Å². The van der Waals surface area contributed by atoms with Crippen molar-refractivity contribution in [3.05, 3.63) is 24.2 Å². The fourth-order valence-electron chi connectivity index (χ4n) is 1.83. The molecule has 2 rings (SSSR count). The molecule has 0 saturated carbocycles. The van der Waals surface area contributed by atoms with Crippen LogP contribution in [-0.4, -0.2) is 21.8 Å². The van der Waals surface area contributed by atoms with E-state index in [1.54, 1.807) is 19.4 Å². The maximum absolute atomic E-state index is 6.02. The Kier molecular flexibility index (Phi) is 3.09. The third kappa shape index (κ3) is 2.33. The summed E-state index contributed by atoms with van der Waals surface area (Å²) in [5.74, 6) is 7.67. The number of nitrogens with zero attached hydrogens (tertiary/aromatic N) is 3. The van der Waals surface area contributed by atoms with Gasteiger partial charge in [0.1, 0.15) is 11.5 Å². The fourth-order valence-corrected chi connectivity index (χ4v) is 1.83. The van der Waals surface area contributed by atoms with Gasteiger partial charge in [0.2, 0.25) is 5.88 Å². The molecule has 0 aromatic carbocycles. The molecule has 4 N–H and O–H groups in total. The molecule has 0 aliphatic rings. The predicted molar refractivity (Wildman–Crippen MR) is 75.3 cm³/mol. The van der Waals surface area contributed by atoms with E-state index in [1.165, 1.54) is 4.68 Å². The van der Waals surface area contributed by atoms with E-state index in [2.05, 4.69) is 9.97 Å². The van der Waals surface area contributed by atoms with Crippen molar-refractivity contribution in [2.24, 2.45) is 0 Å². The lowest BCUT2D eigenvalue weighted by Gasteiger charge is -2.17. The van der Waals surface area contributed by atoms with E-state index < -0.39 is 0 Å². The van der Waals surface area contributed by atoms with Crippen LogP contribution in [0, 0.1) is 0 Å². The molecule has 0 saturated heterocycles. The van der Waals surface area contributed by atoms with Crippen LogP contribution in [0.1, 0.15) is 26.6 Å². The first-order valence-electron chi connectivity index (χ1n) is 5.98. The minimum atomic E-state index is -0.180. The zero-order valence-corrected chi connectivity index (χ0v) is 11.6. The van der Waals surface area contributed by atoms with Crippen molar-refractivity contribution in [2.45, 2.75) is 26.2 Å². The smallest absolute Gasteiger partial charge is 0.212 e. The summed E-state index contributed by atoms with van der Waals surface area (Å²) in [5, 5.41) is 0. The Morgan fingerprint density at radius 1 is 1.26 bits per heavy atom. The summed E-state index contributed by atoms with van der Waals surface area (Å²) in [5.41, 5.74) is 7.29. The monoisotopic (exact) mass is 261 g/mol. The first kappa shape index (κ1) is 13.2. The summed E-state index contributed by atoms with van der Waals surface area (Å²) in [7, 11) is 1.57. The molecule has 6 heteroatoms. The predicted octanol–water partition coefficient (Wildman–Crippen LogP) is 1.55. The average Bonchev–Trinajstić information content (AvgIpc) is 2.66. The molecule has 6 nitrogen and oxygen atoms in total. The number of pyridine rings is 1. The number of hydrogen-bond acceptors (Lipinski definition) is 5. The molecule has 102 valence electrons. The topological polar surface area (TPSA) is 92.0 Å². The molecule has 0 fully saturated rings. The van der Waals surface area contributed by atoms with Crippen LogP contribution in [0.5, 0.6) is 5.88 Å². The number of hydrogen-bond donors (Lipinski definition) is 2. The summed E-state index contributed by atoms with van der Waals surface area (Å²) in [6, 6.07) is 3.62. The first-order chi connectivity index (χ1) is 8.84. The van der Waals surface area contributed by atoms with E-state index in [-0.39, 0.29) is 5.41 Å². The van der Waals surface area contributed by atoms with Crippen LogP contribution < -0.4 is 16.3 Å². The van der Waals surface area contributed by atoms with Crippen LogP contribution >= 0.6 is 0 Å². The molecule has 0 aliphatic heterocycles. The number of nitrogens with two attached hydrogens (primary N) is 2. The highest BCUT2D eigenvalue weighted by atomic mass is 16.5.